The first-order valence-corrected chi connectivity index (χ1v) is 40.5. The lowest BCUT2D eigenvalue weighted by molar-refractivity contribution is 0.583. The molecule has 1 aliphatic carbocycles. The molecule has 0 bridgehead atoms. The van der Waals surface area contributed by atoms with Crippen LogP contribution in [0.15, 0.2) is 346 Å². The third-order valence-electron chi connectivity index (χ3n) is 26.5. The van der Waals surface area contributed by atoms with Gasteiger partial charge in [-0.2, -0.15) is 0 Å². The first kappa shape index (κ1) is 63.9. The maximum absolute atomic E-state index is 2.74. The Bertz CT molecular complexity index is 6940. The van der Waals surface area contributed by atoms with Crippen LogP contribution >= 0.6 is 11.3 Å². The van der Waals surface area contributed by atoms with Gasteiger partial charge < -0.3 is 19.4 Å². The Hall–Kier alpha value is -12.9. The van der Waals surface area contributed by atoms with E-state index in [1.165, 1.54) is 204 Å². The van der Waals surface area contributed by atoms with Crippen LogP contribution in [0.4, 0.5) is 56.9 Å². The summed E-state index contributed by atoms with van der Waals surface area (Å²) in [6, 6.07) is 133. The second-order valence-corrected chi connectivity index (χ2v) is 34.2. The summed E-state index contributed by atoms with van der Waals surface area (Å²) < 4.78 is 2.63. The van der Waals surface area contributed by atoms with Gasteiger partial charge in [0.15, 0.2) is 0 Å². The van der Waals surface area contributed by atoms with Crippen LogP contribution in [0.2, 0.25) is 0 Å². The average molecular weight is 1450 g/mol. The summed E-state index contributed by atoms with van der Waals surface area (Å²) in [7, 11) is 0. The molecule has 1 unspecified atom stereocenters. The summed E-state index contributed by atoms with van der Waals surface area (Å²) in [5.41, 5.74) is 43.3. The zero-order valence-electron chi connectivity index (χ0n) is 63.0. The van der Waals surface area contributed by atoms with E-state index in [0.29, 0.717) is 0 Å². The normalized spacial score (nSPS) is 16.0. The number of fused-ring (bicyclic) bond motifs is 20. The minimum Gasteiger partial charge on any atom is -0.376 e. The number of rotatable bonds is 8. The SMILES string of the molecule is CC1(C)c2ccccc2N2c3c(cccc31)B1c3c(cc4c(c32)-c2ccccc2C4(C)Cc2cccc(-c3cc(-c4ccccc4)cc(N4B5c6cccc7c6N(c6ccccc6C7(C)C)c6c5c(cc5c6sc6ccccc65)-c5ccccc54)c3)c2)-c2cc(-c3ccccc3)ccc2N1c1cccc(-c2ccccc2)c1. The highest BCUT2D eigenvalue weighted by atomic mass is 32.1. The molecule has 7 heteroatoms. The molecule has 0 saturated carbocycles. The first-order valence-electron chi connectivity index (χ1n) is 39.6. The number of thiophene rings is 1. The predicted octanol–water partition coefficient (Wildman–Crippen LogP) is 24.9. The highest BCUT2D eigenvalue weighted by molar-refractivity contribution is 7.26. The Labute approximate surface area is 658 Å². The van der Waals surface area contributed by atoms with Crippen LogP contribution in [0, 0.1) is 0 Å². The molecule has 0 N–H and O–H groups in total. The molecule has 0 spiro atoms. The van der Waals surface area contributed by atoms with Crippen LogP contribution in [0.5, 0.6) is 0 Å². The van der Waals surface area contributed by atoms with E-state index in [1.54, 1.807) is 0 Å². The number of benzene rings is 16. The molecule has 6 aliphatic heterocycles. The predicted molar refractivity (Wildman–Crippen MR) is 475 cm³/mol. The van der Waals surface area contributed by atoms with E-state index in [-0.39, 0.29) is 24.5 Å². The number of para-hydroxylation sites is 5. The Morgan fingerprint density at radius 1 is 0.286 bits per heavy atom. The minimum absolute atomic E-state index is 0.170. The summed E-state index contributed by atoms with van der Waals surface area (Å²) in [5, 5.41) is 2.62. The summed E-state index contributed by atoms with van der Waals surface area (Å²) in [4.78, 5) is 10.9. The van der Waals surface area contributed by atoms with E-state index in [1.807, 2.05) is 11.3 Å². The minimum atomic E-state index is -0.490. The zero-order valence-corrected chi connectivity index (χ0v) is 63.8. The largest absolute Gasteiger partial charge is 0.376 e. The fourth-order valence-corrected chi connectivity index (χ4v) is 22.7. The number of nitrogens with zero attached hydrogens (tertiary/aromatic N) is 4. The third kappa shape index (κ3) is 8.75. The van der Waals surface area contributed by atoms with Crippen LogP contribution < -0.4 is 41.3 Å². The highest BCUT2D eigenvalue weighted by Crippen LogP contribution is 2.64. The highest BCUT2D eigenvalue weighted by Gasteiger charge is 2.55. The van der Waals surface area contributed by atoms with Gasteiger partial charge in [-0.15, -0.1) is 11.3 Å². The third-order valence-corrected chi connectivity index (χ3v) is 27.7. The molecule has 0 saturated heterocycles. The van der Waals surface area contributed by atoms with Crippen molar-refractivity contribution in [1.82, 2.24) is 0 Å². The van der Waals surface area contributed by atoms with Gasteiger partial charge in [0.1, 0.15) is 0 Å². The molecular weight excluding hydrogens is 1370 g/mol. The van der Waals surface area contributed by atoms with Crippen LogP contribution in [0.1, 0.15) is 73.6 Å². The van der Waals surface area contributed by atoms with Crippen molar-refractivity contribution in [2.24, 2.45) is 0 Å². The van der Waals surface area contributed by atoms with Gasteiger partial charge in [-0.05, 0) is 207 Å². The molecule has 1 aromatic heterocycles. The quantitative estimate of drug-likeness (QED) is 0.141. The smallest absolute Gasteiger partial charge is 0.333 e. The molecule has 0 amide bonds. The van der Waals surface area contributed by atoms with Crippen LogP contribution in [-0.4, -0.2) is 13.7 Å². The van der Waals surface area contributed by atoms with Gasteiger partial charge in [-0.3, -0.25) is 0 Å². The molecule has 7 aliphatic rings. The molecule has 17 aromatic rings. The number of anilines is 10. The second-order valence-electron chi connectivity index (χ2n) is 33.2. The van der Waals surface area contributed by atoms with Crippen molar-refractivity contribution >= 4 is 124 Å². The topological polar surface area (TPSA) is 13.0 Å². The average Bonchev–Trinajstić information content (AvgIpc) is 1.30. The van der Waals surface area contributed by atoms with Crippen molar-refractivity contribution < 1.29 is 0 Å². The number of hydrogen-bond acceptors (Lipinski definition) is 5. The molecule has 0 radical (unpaired) electrons. The van der Waals surface area contributed by atoms with Crippen molar-refractivity contribution in [1.29, 1.82) is 0 Å². The summed E-state index contributed by atoms with van der Waals surface area (Å²) in [6.45, 7) is 12.0. The van der Waals surface area contributed by atoms with Crippen LogP contribution in [-0.2, 0) is 22.7 Å². The lowest BCUT2D eigenvalue weighted by Crippen LogP contribution is -2.62. The van der Waals surface area contributed by atoms with Crippen molar-refractivity contribution in [3.63, 3.8) is 0 Å². The fraction of sp³-hybridized carbons (Fsp3) is 0.0857. The molecule has 7 heterocycles. The molecule has 16 aromatic carbocycles. The lowest BCUT2D eigenvalue weighted by atomic mass is 9.42. The Morgan fingerprint density at radius 3 is 1.43 bits per heavy atom. The van der Waals surface area contributed by atoms with Gasteiger partial charge in [0, 0.05) is 82.5 Å². The maximum Gasteiger partial charge on any atom is 0.333 e. The van der Waals surface area contributed by atoms with E-state index in [2.05, 4.69) is 400 Å². The maximum atomic E-state index is 2.74. The van der Waals surface area contributed by atoms with E-state index in [0.717, 1.165) is 17.8 Å². The standard InChI is InChI=1S/C105H74B2N4S/c1-103(2)83-43-19-22-50-92(83)108-98-85(103)45-27-47-88(98)106-96-80(78-60-70(66-32-11-7-12-33-66)53-54-91(78)110(106)73-38-26-37-69(57-73)65-30-9-6-10-31-65)62-87-95(100(96)108)77-41-15-18-42-82(77)105(87,5)63-64-29-25-36-68(55-64)72-56-71(67-34-13-8-14-35-67)58-74(59-72)111-90-49-21-16-39-75(90)79-61-81-76-40-17-24-52-94(76)112-102(81)101-97(79)107(111)89-48-28-46-86-99(89)109(101)93-51-23-20-44-84(93)104(86,3)4/h6-62H,63H2,1-5H3. The second kappa shape index (κ2) is 23.3. The van der Waals surface area contributed by atoms with Gasteiger partial charge in [-0.1, -0.05) is 302 Å². The molecule has 4 nitrogen and oxygen atoms in total. The molecule has 112 heavy (non-hydrogen) atoms. The summed E-state index contributed by atoms with van der Waals surface area (Å²) in [6.07, 6.45) is 0.765. The van der Waals surface area contributed by atoms with Crippen molar-refractivity contribution in [2.75, 3.05) is 19.4 Å². The van der Waals surface area contributed by atoms with Gasteiger partial charge in [0.25, 0.3) is 0 Å². The Kier molecular flexibility index (Phi) is 13.3. The van der Waals surface area contributed by atoms with E-state index < -0.39 is 5.41 Å². The van der Waals surface area contributed by atoms with Gasteiger partial charge in [0.05, 0.1) is 27.4 Å². The monoisotopic (exact) mass is 1440 g/mol. The van der Waals surface area contributed by atoms with Crippen molar-refractivity contribution in [3.05, 3.63) is 385 Å². The molecule has 526 valence electrons. The van der Waals surface area contributed by atoms with Crippen molar-refractivity contribution in [2.45, 2.75) is 57.3 Å². The zero-order chi connectivity index (χ0) is 74.2. The van der Waals surface area contributed by atoms with E-state index >= 15 is 0 Å². The molecular formula is C105H74B2N4S. The van der Waals surface area contributed by atoms with Crippen LogP contribution in [0.3, 0.4) is 0 Å². The Morgan fingerprint density at radius 2 is 0.759 bits per heavy atom. The van der Waals surface area contributed by atoms with Gasteiger partial charge in [0.2, 0.25) is 0 Å². The fourth-order valence-electron chi connectivity index (χ4n) is 21.5. The molecule has 1 atom stereocenters. The summed E-state index contributed by atoms with van der Waals surface area (Å²) in [5.74, 6) is 0. The van der Waals surface area contributed by atoms with Crippen molar-refractivity contribution in [3.8, 4) is 77.9 Å². The number of hydrogen-bond donors (Lipinski definition) is 0. The van der Waals surface area contributed by atoms with E-state index in [9.17, 15) is 0 Å². The van der Waals surface area contributed by atoms with Gasteiger partial charge in [-0.25, -0.2) is 0 Å². The van der Waals surface area contributed by atoms with E-state index in [4.69, 9.17) is 0 Å². The first-order chi connectivity index (χ1) is 55.0. The lowest BCUT2D eigenvalue weighted by Gasteiger charge is -2.51. The molecule has 0 fully saturated rings. The molecule has 24 rings (SSSR count). The van der Waals surface area contributed by atoms with Gasteiger partial charge >= 0.3 is 13.7 Å². The Balaban J connectivity index is 0.715. The van der Waals surface area contributed by atoms with Crippen LogP contribution in [0.25, 0.3) is 98.1 Å². The summed E-state index contributed by atoms with van der Waals surface area (Å²) >= 11 is 1.94.